The van der Waals surface area contributed by atoms with Crippen LogP contribution in [0.4, 0.5) is 5.82 Å². The molecule has 0 saturated heterocycles. The number of carbonyl (C=O) groups is 1. The molecule has 0 unspecified atom stereocenters. The zero-order valence-electron chi connectivity index (χ0n) is 12.8. The number of pyridine rings is 1. The molecule has 0 radical (unpaired) electrons. The van der Waals surface area contributed by atoms with Crippen molar-refractivity contribution in [2.75, 3.05) is 18.4 Å². The van der Waals surface area contributed by atoms with E-state index < -0.39 is 0 Å². The highest BCUT2D eigenvalue weighted by Gasteiger charge is 2.41. The van der Waals surface area contributed by atoms with Crippen LogP contribution in [-0.4, -0.2) is 24.0 Å². The van der Waals surface area contributed by atoms with E-state index in [1.165, 1.54) is 25.7 Å². The second-order valence-corrected chi connectivity index (χ2v) is 6.41. The van der Waals surface area contributed by atoms with Gasteiger partial charge in [0.1, 0.15) is 5.82 Å². The molecule has 0 spiro atoms. The number of aromatic nitrogens is 1. The second-order valence-electron chi connectivity index (χ2n) is 6.41. The maximum absolute atomic E-state index is 12.3. The summed E-state index contributed by atoms with van der Waals surface area (Å²) in [4.78, 5) is 16.5. The van der Waals surface area contributed by atoms with Gasteiger partial charge in [0.05, 0.1) is 0 Å². The Hall–Kier alpha value is -1.58. The largest absolute Gasteiger partial charge is 0.370 e. The van der Waals surface area contributed by atoms with Gasteiger partial charge in [-0.05, 0) is 62.0 Å². The molecule has 21 heavy (non-hydrogen) atoms. The maximum atomic E-state index is 12.3. The number of hydrogen-bond donors (Lipinski definition) is 2. The van der Waals surface area contributed by atoms with Crippen molar-refractivity contribution in [1.29, 1.82) is 0 Å². The first kappa shape index (κ1) is 14.4. The molecular formula is C17H25N3O. The summed E-state index contributed by atoms with van der Waals surface area (Å²) in [7, 11) is 0. The highest BCUT2D eigenvalue weighted by Crippen LogP contribution is 2.48. The van der Waals surface area contributed by atoms with E-state index in [0.717, 1.165) is 37.2 Å². The lowest BCUT2D eigenvalue weighted by Crippen LogP contribution is -2.31. The highest BCUT2D eigenvalue weighted by molar-refractivity contribution is 5.94. The number of carbonyl (C=O) groups excluding carboxylic acids is 1. The predicted molar refractivity (Wildman–Crippen MR) is 84.3 cm³/mol. The first-order valence-electron chi connectivity index (χ1n) is 8.26. The van der Waals surface area contributed by atoms with Crippen LogP contribution in [0.1, 0.15) is 49.4 Å². The van der Waals surface area contributed by atoms with Crippen molar-refractivity contribution in [1.82, 2.24) is 10.3 Å². The smallest absolute Gasteiger partial charge is 0.251 e. The molecule has 2 fully saturated rings. The van der Waals surface area contributed by atoms with E-state index in [9.17, 15) is 4.79 Å². The Kier molecular flexibility index (Phi) is 4.42. The van der Waals surface area contributed by atoms with E-state index >= 15 is 0 Å². The van der Waals surface area contributed by atoms with Crippen molar-refractivity contribution in [3.8, 4) is 0 Å². The SMILES string of the molecule is CCCNc1cc(C(=O)NCC(C2CC2)C2CC2)ccn1. The van der Waals surface area contributed by atoms with Gasteiger partial charge in [0.2, 0.25) is 0 Å². The van der Waals surface area contributed by atoms with E-state index in [1.807, 2.05) is 6.07 Å². The molecule has 2 N–H and O–H groups in total. The van der Waals surface area contributed by atoms with Crippen LogP contribution < -0.4 is 10.6 Å². The van der Waals surface area contributed by atoms with Crippen LogP contribution >= 0.6 is 0 Å². The van der Waals surface area contributed by atoms with E-state index in [4.69, 9.17) is 0 Å². The molecule has 4 nitrogen and oxygen atoms in total. The average Bonchev–Trinajstić information content (AvgIpc) is 3.38. The van der Waals surface area contributed by atoms with Gasteiger partial charge in [0, 0.05) is 24.8 Å². The number of rotatable bonds is 8. The molecule has 1 heterocycles. The van der Waals surface area contributed by atoms with E-state index in [-0.39, 0.29) is 5.91 Å². The lowest BCUT2D eigenvalue weighted by atomic mass is 9.98. The molecule has 3 rings (SSSR count). The molecule has 0 aromatic carbocycles. The third kappa shape index (κ3) is 3.96. The van der Waals surface area contributed by atoms with E-state index in [2.05, 4.69) is 22.5 Å². The van der Waals surface area contributed by atoms with Gasteiger partial charge in [-0.2, -0.15) is 0 Å². The van der Waals surface area contributed by atoms with Crippen LogP contribution in [-0.2, 0) is 0 Å². The number of hydrogen-bond acceptors (Lipinski definition) is 3. The van der Waals surface area contributed by atoms with Gasteiger partial charge < -0.3 is 10.6 Å². The van der Waals surface area contributed by atoms with Crippen molar-refractivity contribution in [3.63, 3.8) is 0 Å². The van der Waals surface area contributed by atoms with E-state index in [0.29, 0.717) is 11.5 Å². The van der Waals surface area contributed by atoms with Gasteiger partial charge >= 0.3 is 0 Å². The van der Waals surface area contributed by atoms with Crippen LogP contribution in [0.25, 0.3) is 0 Å². The van der Waals surface area contributed by atoms with Gasteiger partial charge in [0.15, 0.2) is 0 Å². The zero-order chi connectivity index (χ0) is 14.7. The summed E-state index contributed by atoms with van der Waals surface area (Å²) >= 11 is 0. The average molecular weight is 287 g/mol. The number of amides is 1. The number of nitrogens with zero attached hydrogens (tertiary/aromatic N) is 1. The molecule has 2 aliphatic rings. The lowest BCUT2D eigenvalue weighted by Gasteiger charge is -2.16. The molecular weight excluding hydrogens is 262 g/mol. The molecule has 1 aromatic heterocycles. The molecule has 114 valence electrons. The normalized spacial score (nSPS) is 17.8. The molecule has 0 atom stereocenters. The van der Waals surface area contributed by atoms with Crippen LogP contribution in [0, 0.1) is 17.8 Å². The quantitative estimate of drug-likeness (QED) is 0.772. The standard InChI is InChI=1S/C17H25N3O/c1-2-8-18-16-10-14(7-9-19-16)17(21)20-11-15(12-3-4-12)13-5-6-13/h7,9-10,12-13,15H,2-6,8,11H2,1H3,(H,18,19)(H,20,21). The maximum Gasteiger partial charge on any atom is 0.251 e. The van der Waals surface area contributed by atoms with Crippen LogP contribution in [0.5, 0.6) is 0 Å². The van der Waals surface area contributed by atoms with Crippen LogP contribution in [0.3, 0.4) is 0 Å². The summed E-state index contributed by atoms with van der Waals surface area (Å²) in [5.74, 6) is 3.27. The predicted octanol–water partition coefficient (Wildman–Crippen LogP) is 3.07. The van der Waals surface area contributed by atoms with Gasteiger partial charge in [-0.25, -0.2) is 4.98 Å². The summed E-state index contributed by atoms with van der Waals surface area (Å²) in [6, 6.07) is 3.63. The Labute approximate surface area is 126 Å². The van der Waals surface area contributed by atoms with Crippen molar-refractivity contribution >= 4 is 11.7 Å². The molecule has 2 aliphatic carbocycles. The van der Waals surface area contributed by atoms with Crippen molar-refractivity contribution in [2.24, 2.45) is 17.8 Å². The third-order valence-electron chi connectivity index (χ3n) is 4.53. The number of anilines is 1. The second kappa shape index (κ2) is 6.46. The summed E-state index contributed by atoms with van der Waals surface area (Å²) in [5.41, 5.74) is 0.703. The van der Waals surface area contributed by atoms with Gasteiger partial charge in [-0.3, -0.25) is 4.79 Å². The summed E-state index contributed by atoms with van der Waals surface area (Å²) in [5, 5.41) is 6.35. The van der Waals surface area contributed by atoms with Gasteiger partial charge in [0.25, 0.3) is 5.91 Å². The van der Waals surface area contributed by atoms with Crippen LogP contribution in [0.15, 0.2) is 18.3 Å². The summed E-state index contributed by atoms with van der Waals surface area (Å²) in [6.07, 6.45) is 8.18. The summed E-state index contributed by atoms with van der Waals surface area (Å²) < 4.78 is 0. The minimum absolute atomic E-state index is 0.0308. The van der Waals surface area contributed by atoms with Crippen LogP contribution in [0.2, 0.25) is 0 Å². The van der Waals surface area contributed by atoms with Gasteiger partial charge in [-0.15, -0.1) is 0 Å². The van der Waals surface area contributed by atoms with Crippen molar-refractivity contribution < 1.29 is 4.79 Å². The van der Waals surface area contributed by atoms with Crippen molar-refractivity contribution in [2.45, 2.75) is 39.0 Å². The molecule has 0 aliphatic heterocycles. The first-order valence-corrected chi connectivity index (χ1v) is 8.26. The Morgan fingerprint density at radius 2 is 2.05 bits per heavy atom. The topological polar surface area (TPSA) is 54.0 Å². The fourth-order valence-electron chi connectivity index (χ4n) is 3.00. The molecule has 1 aromatic rings. The monoisotopic (exact) mass is 287 g/mol. The number of nitrogens with one attached hydrogen (secondary N) is 2. The Bertz CT molecular complexity index is 483. The first-order chi connectivity index (χ1) is 10.3. The Balaban J connectivity index is 1.54. The Morgan fingerprint density at radius 3 is 2.67 bits per heavy atom. The van der Waals surface area contributed by atoms with Crippen molar-refractivity contribution in [3.05, 3.63) is 23.9 Å². The van der Waals surface area contributed by atoms with Gasteiger partial charge in [-0.1, -0.05) is 6.92 Å². The summed E-state index contributed by atoms with van der Waals surface area (Å²) in [6.45, 7) is 3.83. The molecule has 1 amide bonds. The zero-order valence-corrected chi connectivity index (χ0v) is 12.8. The Morgan fingerprint density at radius 1 is 1.33 bits per heavy atom. The molecule has 4 heteroatoms. The fraction of sp³-hybridized carbons (Fsp3) is 0.647. The minimum atomic E-state index is 0.0308. The minimum Gasteiger partial charge on any atom is -0.370 e. The molecule has 0 bridgehead atoms. The third-order valence-corrected chi connectivity index (χ3v) is 4.53. The van der Waals surface area contributed by atoms with E-state index in [1.54, 1.807) is 12.3 Å². The molecule has 2 saturated carbocycles. The lowest BCUT2D eigenvalue weighted by molar-refractivity contribution is 0.0943. The fourth-order valence-corrected chi connectivity index (χ4v) is 3.00. The highest BCUT2D eigenvalue weighted by atomic mass is 16.1.